The van der Waals surface area contributed by atoms with Crippen molar-refractivity contribution in [2.75, 3.05) is 63.3 Å². The van der Waals surface area contributed by atoms with E-state index in [1.165, 1.54) is 37.7 Å². The van der Waals surface area contributed by atoms with E-state index in [1.54, 1.807) is 7.11 Å². The molecule has 0 radical (unpaired) electrons. The van der Waals surface area contributed by atoms with Crippen LogP contribution in [0, 0.1) is 0 Å². The number of hydrogen-bond acceptors (Lipinski definition) is 8. The van der Waals surface area contributed by atoms with Crippen LogP contribution in [0.1, 0.15) is 56.6 Å². The van der Waals surface area contributed by atoms with Gasteiger partial charge in [0.2, 0.25) is 5.95 Å². The van der Waals surface area contributed by atoms with Crippen LogP contribution in [0.2, 0.25) is 0 Å². The van der Waals surface area contributed by atoms with E-state index in [2.05, 4.69) is 31.8 Å². The molecule has 38 heavy (non-hydrogen) atoms. The fourth-order valence-electron chi connectivity index (χ4n) is 6.29. The van der Waals surface area contributed by atoms with Crippen LogP contribution >= 0.6 is 0 Å². The Hall–Kier alpha value is -2.91. The van der Waals surface area contributed by atoms with Crippen LogP contribution in [0.4, 0.5) is 11.8 Å². The molecule has 9 nitrogen and oxygen atoms in total. The minimum Gasteiger partial charge on any atom is -0.497 e. The van der Waals surface area contributed by atoms with Crippen LogP contribution in [0.5, 0.6) is 5.75 Å². The molecule has 204 valence electrons. The normalized spacial score (nSPS) is 20.2. The highest BCUT2D eigenvalue weighted by Gasteiger charge is 2.28. The number of ether oxygens (including phenoxy) is 2. The molecule has 2 saturated heterocycles. The average molecular weight is 520 g/mol. The third-order valence-corrected chi connectivity index (χ3v) is 8.55. The van der Waals surface area contributed by atoms with Gasteiger partial charge >= 0.3 is 0 Å². The molecule has 0 bridgehead atoms. The summed E-state index contributed by atoms with van der Waals surface area (Å²) in [6.45, 7) is 6.57. The molecule has 1 saturated carbocycles. The van der Waals surface area contributed by atoms with Gasteiger partial charge in [-0.3, -0.25) is 4.90 Å². The summed E-state index contributed by atoms with van der Waals surface area (Å²) in [7, 11) is 1.70. The number of anilines is 2. The van der Waals surface area contributed by atoms with Crippen LogP contribution in [-0.2, 0) is 11.2 Å². The van der Waals surface area contributed by atoms with Gasteiger partial charge < -0.3 is 24.3 Å². The first-order chi connectivity index (χ1) is 18.8. The Bertz CT molecular complexity index is 1180. The molecule has 0 spiro atoms. The lowest BCUT2D eigenvalue weighted by Crippen LogP contribution is -2.49. The molecule has 0 atom stereocenters. The highest BCUT2D eigenvalue weighted by Crippen LogP contribution is 2.33. The van der Waals surface area contributed by atoms with Crippen molar-refractivity contribution in [2.45, 2.75) is 63.5 Å². The summed E-state index contributed by atoms with van der Waals surface area (Å²) in [5.41, 5.74) is 3.13. The zero-order valence-corrected chi connectivity index (χ0v) is 22.6. The largest absolute Gasteiger partial charge is 0.497 e. The predicted octanol–water partition coefficient (Wildman–Crippen LogP) is 4.30. The fraction of sp³-hybridized carbons (Fsp3) is 0.621. The first-order valence-electron chi connectivity index (χ1n) is 14.5. The number of morpholine rings is 1. The number of nitrogens with zero attached hydrogens (tertiary/aromatic N) is 6. The highest BCUT2D eigenvalue weighted by atomic mass is 16.5. The molecule has 1 N–H and O–H groups in total. The Morgan fingerprint density at radius 3 is 2.42 bits per heavy atom. The lowest BCUT2D eigenvalue weighted by molar-refractivity contribution is 0.0114. The van der Waals surface area contributed by atoms with E-state index < -0.39 is 0 Å². The zero-order chi connectivity index (χ0) is 25.7. The summed E-state index contributed by atoms with van der Waals surface area (Å²) in [4.78, 5) is 20.0. The van der Waals surface area contributed by atoms with Gasteiger partial charge in [-0.2, -0.15) is 9.97 Å². The molecule has 4 heterocycles. The number of piperidine rings is 1. The maximum atomic E-state index is 5.57. The summed E-state index contributed by atoms with van der Waals surface area (Å²) in [6.07, 6.45) is 11.5. The molecule has 3 fully saturated rings. The van der Waals surface area contributed by atoms with Gasteiger partial charge in [0.05, 0.1) is 26.7 Å². The van der Waals surface area contributed by atoms with E-state index >= 15 is 0 Å². The van der Waals surface area contributed by atoms with Crippen molar-refractivity contribution in [3.8, 4) is 5.75 Å². The van der Waals surface area contributed by atoms with E-state index in [9.17, 15) is 0 Å². The van der Waals surface area contributed by atoms with Gasteiger partial charge in [0.15, 0.2) is 17.0 Å². The second kappa shape index (κ2) is 11.9. The quantitative estimate of drug-likeness (QED) is 0.472. The van der Waals surface area contributed by atoms with E-state index in [1.807, 2.05) is 18.5 Å². The monoisotopic (exact) mass is 519 g/mol. The third kappa shape index (κ3) is 5.59. The number of imidazole rings is 1. The summed E-state index contributed by atoms with van der Waals surface area (Å²) >= 11 is 0. The van der Waals surface area contributed by atoms with Crippen molar-refractivity contribution in [3.63, 3.8) is 0 Å². The second-order valence-electron chi connectivity index (χ2n) is 10.9. The molecular formula is C29H41N7O2. The smallest absolute Gasteiger partial charge is 0.229 e. The molecule has 0 amide bonds. The molecule has 3 aromatic rings. The van der Waals surface area contributed by atoms with Gasteiger partial charge in [-0.15, -0.1) is 0 Å². The van der Waals surface area contributed by atoms with E-state index in [0.29, 0.717) is 12.1 Å². The minimum absolute atomic E-state index is 0.482. The lowest BCUT2D eigenvalue weighted by atomic mass is 9.95. The van der Waals surface area contributed by atoms with E-state index in [4.69, 9.17) is 24.4 Å². The summed E-state index contributed by atoms with van der Waals surface area (Å²) < 4.78 is 13.2. The Morgan fingerprint density at radius 1 is 0.921 bits per heavy atom. The molecule has 1 aromatic carbocycles. The van der Waals surface area contributed by atoms with E-state index in [-0.39, 0.29) is 0 Å². The van der Waals surface area contributed by atoms with Gasteiger partial charge in [0, 0.05) is 44.8 Å². The lowest BCUT2D eigenvalue weighted by Gasteiger charge is -2.40. The number of benzene rings is 1. The predicted molar refractivity (Wildman–Crippen MR) is 150 cm³/mol. The first kappa shape index (κ1) is 25.4. The maximum Gasteiger partial charge on any atom is 0.229 e. The molecule has 1 aliphatic carbocycles. The van der Waals surface area contributed by atoms with Crippen molar-refractivity contribution in [3.05, 3.63) is 36.2 Å². The van der Waals surface area contributed by atoms with Crippen molar-refractivity contribution in [1.82, 2.24) is 24.4 Å². The number of nitrogens with one attached hydrogen (secondary N) is 1. The minimum atomic E-state index is 0.482. The standard InChI is InChI=1S/C29H41N7O2/c1-37-25-9-7-22(8-10-25)11-14-30-27-26-28(36(21-31-26)24-5-3-2-4-6-24)33-29(32-27)35-15-12-23(13-16-35)34-17-19-38-20-18-34/h7-10,21,23-24H,2-6,11-20H2,1H3,(H,30,32,33). The van der Waals surface area contributed by atoms with Crippen molar-refractivity contribution in [1.29, 1.82) is 0 Å². The van der Waals surface area contributed by atoms with Crippen LogP contribution in [0.3, 0.4) is 0 Å². The molecule has 0 unspecified atom stereocenters. The van der Waals surface area contributed by atoms with Crippen LogP contribution < -0.4 is 15.0 Å². The number of rotatable bonds is 8. The highest BCUT2D eigenvalue weighted by molar-refractivity contribution is 5.84. The molecule has 9 heteroatoms. The molecule has 6 rings (SSSR count). The molecular weight excluding hydrogens is 478 g/mol. The Labute approximate surface area is 225 Å². The Morgan fingerprint density at radius 2 is 1.68 bits per heavy atom. The van der Waals surface area contributed by atoms with Gasteiger partial charge in [-0.05, 0) is 49.8 Å². The van der Waals surface area contributed by atoms with Crippen molar-refractivity contribution < 1.29 is 9.47 Å². The Balaban J connectivity index is 1.21. The fourth-order valence-corrected chi connectivity index (χ4v) is 6.29. The van der Waals surface area contributed by atoms with Gasteiger partial charge in [-0.25, -0.2) is 4.98 Å². The van der Waals surface area contributed by atoms with E-state index in [0.717, 1.165) is 93.9 Å². The zero-order valence-electron chi connectivity index (χ0n) is 22.6. The topological polar surface area (TPSA) is 80.6 Å². The van der Waals surface area contributed by atoms with Gasteiger partial charge in [-0.1, -0.05) is 31.4 Å². The van der Waals surface area contributed by atoms with Gasteiger partial charge in [0.25, 0.3) is 0 Å². The number of hydrogen-bond donors (Lipinski definition) is 1. The van der Waals surface area contributed by atoms with Crippen LogP contribution in [0.15, 0.2) is 30.6 Å². The van der Waals surface area contributed by atoms with Gasteiger partial charge in [0.1, 0.15) is 5.75 Å². The molecule has 3 aliphatic rings. The SMILES string of the molecule is COc1ccc(CCNc2nc(N3CCC(N4CCOCC4)CC3)nc3c2ncn3C2CCCCC2)cc1. The number of aromatic nitrogens is 4. The summed E-state index contributed by atoms with van der Waals surface area (Å²) in [5.74, 6) is 2.57. The molecule has 2 aromatic heterocycles. The van der Waals surface area contributed by atoms with Crippen LogP contribution in [0.25, 0.3) is 11.2 Å². The maximum absolute atomic E-state index is 5.57. The average Bonchev–Trinajstić information content (AvgIpc) is 3.43. The van der Waals surface area contributed by atoms with Crippen molar-refractivity contribution >= 4 is 22.9 Å². The van der Waals surface area contributed by atoms with Crippen LogP contribution in [-0.4, -0.2) is 83.5 Å². The third-order valence-electron chi connectivity index (χ3n) is 8.55. The number of fused-ring (bicyclic) bond motifs is 1. The first-order valence-corrected chi connectivity index (χ1v) is 14.5. The second-order valence-corrected chi connectivity index (χ2v) is 10.9. The summed E-state index contributed by atoms with van der Waals surface area (Å²) in [5, 5.41) is 3.61. The number of methoxy groups -OCH3 is 1. The summed E-state index contributed by atoms with van der Waals surface area (Å²) in [6, 6.07) is 9.39. The Kier molecular flexibility index (Phi) is 7.92. The molecule has 2 aliphatic heterocycles. The van der Waals surface area contributed by atoms with Crippen molar-refractivity contribution in [2.24, 2.45) is 0 Å².